The molecule has 0 aliphatic heterocycles. The second kappa shape index (κ2) is 10.0. The Hall–Kier alpha value is -2.88. The van der Waals surface area contributed by atoms with Gasteiger partial charge in [0.05, 0.1) is 27.9 Å². The van der Waals surface area contributed by atoms with Crippen LogP contribution in [0.25, 0.3) is 16.6 Å². The Kier molecular flexibility index (Phi) is 7.64. The van der Waals surface area contributed by atoms with Crippen LogP contribution in [-0.4, -0.2) is 28.1 Å². The Morgan fingerprint density at radius 3 is 2.14 bits per heavy atom. The fourth-order valence-electron chi connectivity index (χ4n) is 3.84. The first-order chi connectivity index (χ1) is 16.2. The normalized spacial score (nSPS) is 12.9. The SMILES string of the molecule is COC(C)(C)CC(=O)CCCCc1nn2ccc(C(F)(F)F)cc2c1-c1ccc(C(F)(F)F)cc1. The van der Waals surface area contributed by atoms with Gasteiger partial charge in [-0.15, -0.1) is 0 Å². The van der Waals surface area contributed by atoms with Gasteiger partial charge in [0.15, 0.2) is 0 Å². The van der Waals surface area contributed by atoms with E-state index >= 15 is 0 Å². The minimum atomic E-state index is -4.58. The molecule has 3 rings (SSSR count). The van der Waals surface area contributed by atoms with Gasteiger partial charge in [-0.3, -0.25) is 4.79 Å². The van der Waals surface area contributed by atoms with E-state index in [1.165, 1.54) is 30.0 Å². The number of ketones is 1. The predicted octanol–water partition coefficient (Wildman–Crippen LogP) is 7.14. The first kappa shape index (κ1) is 26.7. The number of benzene rings is 1. The number of ether oxygens (including phenoxy) is 1. The predicted molar refractivity (Wildman–Crippen MR) is 119 cm³/mol. The maximum absolute atomic E-state index is 13.3. The summed E-state index contributed by atoms with van der Waals surface area (Å²) in [6.45, 7) is 3.63. The quantitative estimate of drug-likeness (QED) is 0.232. The number of halogens is 6. The van der Waals surface area contributed by atoms with Crippen LogP contribution in [0.4, 0.5) is 26.3 Å². The lowest BCUT2D eigenvalue weighted by Gasteiger charge is -2.21. The highest BCUT2D eigenvalue weighted by Gasteiger charge is 2.32. The van der Waals surface area contributed by atoms with Crippen LogP contribution < -0.4 is 0 Å². The van der Waals surface area contributed by atoms with Crippen LogP contribution >= 0.6 is 0 Å². The summed E-state index contributed by atoms with van der Waals surface area (Å²) >= 11 is 0. The zero-order valence-electron chi connectivity index (χ0n) is 19.6. The van der Waals surface area contributed by atoms with Crippen LogP contribution in [0.1, 0.15) is 56.4 Å². The Morgan fingerprint density at radius 1 is 0.943 bits per heavy atom. The maximum atomic E-state index is 13.3. The molecule has 4 nitrogen and oxygen atoms in total. The van der Waals surface area contributed by atoms with Crippen molar-refractivity contribution in [3.63, 3.8) is 0 Å². The summed E-state index contributed by atoms with van der Waals surface area (Å²) in [5.41, 5.74) is -1.02. The molecule has 0 radical (unpaired) electrons. The number of carbonyl (C=O) groups excluding carboxylic acids is 1. The van der Waals surface area contributed by atoms with E-state index < -0.39 is 29.1 Å². The molecule has 0 fully saturated rings. The highest BCUT2D eigenvalue weighted by atomic mass is 19.4. The molecule has 10 heteroatoms. The van der Waals surface area contributed by atoms with Gasteiger partial charge in [-0.1, -0.05) is 12.1 Å². The van der Waals surface area contributed by atoms with Crippen molar-refractivity contribution < 1.29 is 35.9 Å². The maximum Gasteiger partial charge on any atom is 0.416 e. The number of hydrogen-bond acceptors (Lipinski definition) is 3. The molecule has 0 saturated carbocycles. The molecule has 0 atom stereocenters. The van der Waals surface area contributed by atoms with Crippen LogP contribution in [-0.2, 0) is 28.3 Å². The van der Waals surface area contributed by atoms with E-state index in [9.17, 15) is 31.1 Å². The van der Waals surface area contributed by atoms with Gasteiger partial charge in [-0.2, -0.15) is 31.4 Å². The number of pyridine rings is 1. The molecule has 0 saturated heterocycles. The van der Waals surface area contributed by atoms with Gasteiger partial charge in [-0.25, -0.2) is 4.52 Å². The average Bonchev–Trinajstić information content (AvgIpc) is 3.13. The third kappa shape index (κ3) is 6.62. The van der Waals surface area contributed by atoms with Gasteiger partial charge in [0.1, 0.15) is 5.78 Å². The molecule has 190 valence electrons. The molecule has 2 aromatic heterocycles. The molecule has 0 aliphatic carbocycles. The third-order valence-corrected chi connectivity index (χ3v) is 5.83. The van der Waals surface area contributed by atoms with Crippen LogP contribution in [0, 0.1) is 0 Å². The number of hydrogen-bond donors (Lipinski definition) is 0. The van der Waals surface area contributed by atoms with Gasteiger partial charge in [-0.05, 0) is 62.9 Å². The number of aromatic nitrogens is 2. The van der Waals surface area contributed by atoms with E-state index in [4.69, 9.17) is 4.74 Å². The molecule has 0 aliphatic rings. The van der Waals surface area contributed by atoms with Gasteiger partial charge >= 0.3 is 12.4 Å². The number of alkyl halides is 6. The van der Waals surface area contributed by atoms with Crippen LogP contribution in [0.3, 0.4) is 0 Å². The fourth-order valence-corrected chi connectivity index (χ4v) is 3.84. The number of rotatable bonds is 9. The van der Waals surface area contributed by atoms with Gasteiger partial charge in [0.25, 0.3) is 0 Å². The average molecular weight is 500 g/mol. The lowest BCUT2D eigenvalue weighted by atomic mass is 9.96. The molecule has 0 bridgehead atoms. The van der Waals surface area contributed by atoms with E-state index in [-0.39, 0.29) is 17.7 Å². The van der Waals surface area contributed by atoms with E-state index in [2.05, 4.69) is 5.10 Å². The highest BCUT2D eigenvalue weighted by Crippen LogP contribution is 2.36. The lowest BCUT2D eigenvalue weighted by molar-refractivity contribution is -0.138. The molecule has 0 unspecified atom stereocenters. The molecular weight excluding hydrogens is 474 g/mol. The number of Topliss-reactive ketones (excluding diaryl/α,β-unsaturated/α-hetero) is 1. The summed E-state index contributed by atoms with van der Waals surface area (Å²) < 4.78 is 85.5. The first-order valence-electron chi connectivity index (χ1n) is 11.0. The lowest BCUT2D eigenvalue weighted by Crippen LogP contribution is -2.26. The number of unbranched alkanes of at least 4 members (excludes halogenated alkanes) is 1. The standard InChI is InChI=1S/C25H26F6N2O2/c1-23(2,35-3)15-19(34)6-4-5-7-20-22(16-8-10-17(11-9-16)24(26,27)28)21-14-18(25(29,30)31)12-13-33(21)32-20/h8-14H,4-7,15H2,1-3H3. The summed E-state index contributed by atoms with van der Waals surface area (Å²) in [5, 5.41) is 4.39. The van der Waals surface area contributed by atoms with E-state index in [1.807, 2.05) is 13.8 Å². The van der Waals surface area contributed by atoms with Crippen molar-refractivity contribution in [2.45, 2.75) is 63.9 Å². The second-order valence-corrected chi connectivity index (χ2v) is 9.03. The molecular formula is C25H26F6N2O2. The molecule has 0 amide bonds. The highest BCUT2D eigenvalue weighted by molar-refractivity contribution is 5.83. The number of methoxy groups -OCH3 is 1. The molecule has 3 aromatic rings. The zero-order valence-corrected chi connectivity index (χ0v) is 19.6. The van der Waals surface area contributed by atoms with Crippen LogP contribution in [0.15, 0.2) is 42.6 Å². The monoisotopic (exact) mass is 500 g/mol. The van der Waals surface area contributed by atoms with E-state index in [0.717, 1.165) is 24.3 Å². The van der Waals surface area contributed by atoms with Crippen molar-refractivity contribution in [2.75, 3.05) is 7.11 Å². The molecule has 2 heterocycles. The summed E-state index contributed by atoms with van der Waals surface area (Å²) in [7, 11) is 1.53. The number of aryl methyl sites for hydroxylation is 1. The second-order valence-electron chi connectivity index (χ2n) is 9.03. The number of carbonyl (C=O) groups is 1. The number of fused-ring (bicyclic) bond motifs is 1. The summed E-state index contributed by atoms with van der Waals surface area (Å²) in [6.07, 6.45) is -5.94. The van der Waals surface area contributed by atoms with Crippen molar-refractivity contribution in [2.24, 2.45) is 0 Å². The van der Waals surface area contributed by atoms with Crippen molar-refractivity contribution in [1.82, 2.24) is 9.61 Å². The Balaban J connectivity index is 1.89. The van der Waals surface area contributed by atoms with Gasteiger partial charge in [0, 0.05) is 31.7 Å². The van der Waals surface area contributed by atoms with Crippen LogP contribution in [0.2, 0.25) is 0 Å². The van der Waals surface area contributed by atoms with Crippen LogP contribution in [0.5, 0.6) is 0 Å². The summed E-state index contributed by atoms with van der Waals surface area (Å²) in [6, 6.07) is 6.11. The Bertz CT molecular complexity index is 1180. The van der Waals surface area contributed by atoms with Gasteiger partial charge in [0.2, 0.25) is 0 Å². The summed E-state index contributed by atoms with van der Waals surface area (Å²) in [5.74, 6) is 0.0321. The topological polar surface area (TPSA) is 43.6 Å². The number of nitrogens with zero attached hydrogens (tertiary/aromatic N) is 2. The van der Waals surface area contributed by atoms with Gasteiger partial charge < -0.3 is 4.74 Å². The van der Waals surface area contributed by atoms with E-state index in [0.29, 0.717) is 42.5 Å². The Labute approximate surface area is 198 Å². The zero-order chi connectivity index (χ0) is 26.0. The molecule has 0 spiro atoms. The largest absolute Gasteiger partial charge is 0.416 e. The third-order valence-electron chi connectivity index (χ3n) is 5.83. The summed E-state index contributed by atoms with van der Waals surface area (Å²) in [4.78, 5) is 12.2. The minimum absolute atomic E-state index is 0.0321. The van der Waals surface area contributed by atoms with Crippen molar-refractivity contribution >= 4 is 11.3 Å². The van der Waals surface area contributed by atoms with E-state index in [1.54, 1.807) is 0 Å². The fraction of sp³-hybridized carbons (Fsp3) is 0.440. The first-order valence-corrected chi connectivity index (χ1v) is 11.0. The molecule has 35 heavy (non-hydrogen) atoms. The smallest absolute Gasteiger partial charge is 0.378 e. The van der Waals surface area contributed by atoms with Crippen molar-refractivity contribution in [1.29, 1.82) is 0 Å². The minimum Gasteiger partial charge on any atom is -0.378 e. The Morgan fingerprint density at radius 2 is 1.57 bits per heavy atom. The molecule has 0 N–H and O–H groups in total. The molecule has 1 aromatic carbocycles. The van der Waals surface area contributed by atoms with Crippen molar-refractivity contribution in [3.8, 4) is 11.1 Å². The van der Waals surface area contributed by atoms with Crippen molar-refractivity contribution in [3.05, 3.63) is 59.4 Å².